The quantitative estimate of drug-likeness (QED) is 0.704. The summed E-state index contributed by atoms with van der Waals surface area (Å²) < 4.78 is 2.12. The summed E-state index contributed by atoms with van der Waals surface area (Å²) in [7, 11) is 2.07. The summed E-state index contributed by atoms with van der Waals surface area (Å²) in [5.74, 6) is 2.68. The van der Waals surface area contributed by atoms with E-state index in [2.05, 4.69) is 42.7 Å². The number of rotatable bonds is 8. The summed E-state index contributed by atoms with van der Waals surface area (Å²) >= 11 is 0. The third-order valence-electron chi connectivity index (χ3n) is 3.61. The molecule has 0 aliphatic rings. The van der Waals surface area contributed by atoms with Crippen LogP contribution < -0.4 is 5.32 Å². The zero-order chi connectivity index (χ0) is 12.7. The van der Waals surface area contributed by atoms with Crippen molar-refractivity contribution in [2.45, 2.75) is 40.0 Å². The lowest BCUT2D eigenvalue weighted by molar-refractivity contribution is 0.345. The van der Waals surface area contributed by atoms with Gasteiger partial charge < -0.3 is 9.88 Å². The molecular weight excluding hydrogens is 210 g/mol. The van der Waals surface area contributed by atoms with Gasteiger partial charge in [-0.2, -0.15) is 0 Å². The maximum Gasteiger partial charge on any atom is 0.108 e. The van der Waals surface area contributed by atoms with Crippen molar-refractivity contribution in [3.63, 3.8) is 0 Å². The van der Waals surface area contributed by atoms with Gasteiger partial charge in [0, 0.05) is 25.9 Å². The third-order valence-corrected chi connectivity index (χ3v) is 3.61. The van der Waals surface area contributed by atoms with Crippen LogP contribution in [0.1, 0.15) is 39.4 Å². The first-order valence-electron chi connectivity index (χ1n) is 6.82. The molecule has 2 unspecified atom stereocenters. The summed E-state index contributed by atoms with van der Waals surface area (Å²) in [5.41, 5.74) is 0. The maximum absolute atomic E-state index is 4.37. The molecule has 0 bridgehead atoms. The van der Waals surface area contributed by atoms with Crippen LogP contribution in [0.25, 0.3) is 0 Å². The van der Waals surface area contributed by atoms with Gasteiger partial charge in [0.1, 0.15) is 5.82 Å². The van der Waals surface area contributed by atoms with Gasteiger partial charge in [0.2, 0.25) is 0 Å². The van der Waals surface area contributed by atoms with Crippen LogP contribution in [0.4, 0.5) is 0 Å². The Hall–Kier alpha value is -0.830. The number of imidazole rings is 1. The second kappa shape index (κ2) is 7.49. The summed E-state index contributed by atoms with van der Waals surface area (Å²) in [6.07, 6.45) is 7.43. The number of aromatic nitrogens is 2. The minimum atomic E-state index is 0.738. The van der Waals surface area contributed by atoms with Gasteiger partial charge in [-0.15, -0.1) is 0 Å². The third kappa shape index (κ3) is 4.90. The Bertz CT molecular complexity index is 306. The molecule has 1 aromatic rings. The Balaban J connectivity index is 2.24. The molecule has 0 saturated heterocycles. The SMILES string of the molecule is CCCNCC(C)C(C)CCc1nccn1C. The summed E-state index contributed by atoms with van der Waals surface area (Å²) in [6.45, 7) is 9.17. The number of aryl methyl sites for hydroxylation is 2. The molecule has 1 aromatic heterocycles. The first kappa shape index (κ1) is 14.2. The van der Waals surface area contributed by atoms with Crippen LogP contribution in [-0.4, -0.2) is 22.6 Å². The van der Waals surface area contributed by atoms with Crippen LogP contribution >= 0.6 is 0 Å². The monoisotopic (exact) mass is 237 g/mol. The van der Waals surface area contributed by atoms with Gasteiger partial charge in [0.25, 0.3) is 0 Å². The predicted octanol–water partition coefficient (Wildman–Crippen LogP) is 2.62. The van der Waals surface area contributed by atoms with Gasteiger partial charge >= 0.3 is 0 Å². The van der Waals surface area contributed by atoms with E-state index in [1.54, 1.807) is 0 Å². The molecule has 0 aliphatic heterocycles. The Kier molecular flexibility index (Phi) is 6.27. The molecule has 0 aliphatic carbocycles. The summed E-state index contributed by atoms with van der Waals surface area (Å²) in [4.78, 5) is 4.37. The molecule has 1 rings (SSSR count). The van der Waals surface area contributed by atoms with Crippen molar-refractivity contribution in [3.8, 4) is 0 Å². The highest BCUT2D eigenvalue weighted by atomic mass is 15.0. The number of nitrogens with zero attached hydrogens (tertiary/aromatic N) is 2. The number of hydrogen-bond acceptors (Lipinski definition) is 2. The second-order valence-electron chi connectivity index (χ2n) is 5.15. The largest absolute Gasteiger partial charge is 0.338 e. The van der Waals surface area contributed by atoms with Crippen LogP contribution in [-0.2, 0) is 13.5 Å². The van der Waals surface area contributed by atoms with E-state index < -0.39 is 0 Å². The molecule has 1 heterocycles. The van der Waals surface area contributed by atoms with Crippen molar-refractivity contribution < 1.29 is 0 Å². The molecular formula is C14H27N3. The van der Waals surface area contributed by atoms with E-state index in [0.29, 0.717) is 0 Å². The summed E-state index contributed by atoms with van der Waals surface area (Å²) in [5, 5.41) is 3.50. The van der Waals surface area contributed by atoms with Gasteiger partial charge in [0.15, 0.2) is 0 Å². The Morgan fingerprint density at radius 3 is 2.71 bits per heavy atom. The summed E-state index contributed by atoms with van der Waals surface area (Å²) in [6, 6.07) is 0. The van der Waals surface area contributed by atoms with Gasteiger partial charge in [-0.25, -0.2) is 4.98 Å². The molecule has 1 N–H and O–H groups in total. The van der Waals surface area contributed by atoms with Crippen molar-refractivity contribution in [2.24, 2.45) is 18.9 Å². The molecule has 3 heteroatoms. The minimum absolute atomic E-state index is 0.738. The first-order chi connectivity index (χ1) is 8.15. The molecule has 0 amide bonds. The fraction of sp³-hybridized carbons (Fsp3) is 0.786. The van der Waals surface area contributed by atoms with Crippen molar-refractivity contribution in [2.75, 3.05) is 13.1 Å². The average Bonchev–Trinajstić information content (AvgIpc) is 2.72. The topological polar surface area (TPSA) is 29.9 Å². The van der Waals surface area contributed by atoms with E-state index in [1.807, 2.05) is 12.4 Å². The van der Waals surface area contributed by atoms with E-state index in [9.17, 15) is 0 Å². The minimum Gasteiger partial charge on any atom is -0.338 e. The molecule has 98 valence electrons. The van der Waals surface area contributed by atoms with E-state index >= 15 is 0 Å². The van der Waals surface area contributed by atoms with Crippen LogP contribution in [0.5, 0.6) is 0 Å². The number of hydrogen-bond donors (Lipinski definition) is 1. The molecule has 0 saturated carbocycles. The van der Waals surface area contributed by atoms with Crippen LogP contribution in [0.3, 0.4) is 0 Å². The van der Waals surface area contributed by atoms with Crippen LogP contribution in [0.2, 0.25) is 0 Å². The van der Waals surface area contributed by atoms with Gasteiger partial charge in [-0.1, -0.05) is 20.8 Å². The zero-order valence-electron chi connectivity index (χ0n) is 11.7. The fourth-order valence-electron chi connectivity index (χ4n) is 1.99. The van der Waals surface area contributed by atoms with Crippen molar-refractivity contribution >= 4 is 0 Å². The predicted molar refractivity (Wildman–Crippen MR) is 73.0 cm³/mol. The van der Waals surface area contributed by atoms with Gasteiger partial charge in [-0.3, -0.25) is 0 Å². The molecule has 0 spiro atoms. The molecule has 0 fully saturated rings. The average molecular weight is 237 g/mol. The fourth-order valence-corrected chi connectivity index (χ4v) is 1.99. The van der Waals surface area contributed by atoms with E-state index in [-0.39, 0.29) is 0 Å². The molecule has 0 aromatic carbocycles. The highest BCUT2D eigenvalue weighted by Crippen LogP contribution is 2.16. The Morgan fingerprint density at radius 1 is 1.35 bits per heavy atom. The van der Waals surface area contributed by atoms with E-state index in [0.717, 1.165) is 31.3 Å². The van der Waals surface area contributed by atoms with Gasteiger partial charge in [0.05, 0.1) is 0 Å². The highest BCUT2D eigenvalue weighted by Gasteiger charge is 2.12. The zero-order valence-corrected chi connectivity index (χ0v) is 11.7. The number of nitrogens with one attached hydrogen (secondary N) is 1. The second-order valence-corrected chi connectivity index (χ2v) is 5.15. The molecule has 2 atom stereocenters. The van der Waals surface area contributed by atoms with Crippen LogP contribution in [0.15, 0.2) is 12.4 Å². The highest BCUT2D eigenvalue weighted by molar-refractivity contribution is 4.91. The Labute approximate surface area is 106 Å². The molecule has 17 heavy (non-hydrogen) atoms. The normalized spacial score (nSPS) is 14.8. The Morgan fingerprint density at radius 2 is 2.12 bits per heavy atom. The smallest absolute Gasteiger partial charge is 0.108 e. The standard InChI is InChI=1S/C14H27N3/c1-5-8-15-11-13(3)12(2)6-7-14-16-9-10-17(14)4/h9-10,12-13,15H,5-8,11H2,1-4H3. The van der Waals surface area contributed by atoms with E-state index in [4.69, 9.17) is 0 Å². The van der Waals surface area contributed by atoms with Crippen molar-refractivity contribution in [1.29, 1.82) is 0 Å². The lowest BCUT2D eigenvalue weighted by Gasteiger charge is -2.20. The first-order valence-corrected chi connectivity index (χ1v) is 6.82. The van der Waals surface area contributed by atoms with Crippen molar-refractivity contribution in [3.05, 3.63) is 18.2 Å². The van der Waals surface area contributed by atoms with E-state index in [1.165, 1.54) is 18.7 Å². The lowest BCUT2D eigenvalue weighted by Crippen LogP contribution is -2.26. The maximum atomic E-state index is 4.37. The van der Waals surface area contributed by atoms with Crippen LogP contribution in [0, 0.1) is 11.8 Å². The lowest BCUT2D eigenvalue weighted by atomic mass is 9.91. The van der Waals surface area contributed by atoms with Crippen molar-refractivity contribution in [1.82, 2.24) is 14.9 Å². The molecule has 3 nitrogen and oxygen atoms in total. The van der Waals surface area contributed by atoms with Gasteiger partial charge in [-0.05, 0) is 37.8 Å². The molecule has 0 radical (unpaired) electrons.